The number of hydrogen-bond acceptors (Lipinski definition) is 5. The van der Waals surface area contributed by atoms with Crippen molar-refractivity contribution in [2.24, 2.45) is 5.73 Å². The second kappa shape index (κ2) is 4.61. The molecule has 1 aromatic rings. The minimum atomic E-state index is -0.339. The number of nitrogens with two attached hydrogens (primary N) is 2. The number of H-pyrrole nitrogens is 1. The Bertz CT molecular complexity index is 344. The van der Waals surface area contributed by atoms with Gasteiger partial charge in [-0.15, -0.1) is 0 Å². The molecule has 6 heteroatoms. The van der Waals surface area contributed by atoms with E-state index in [0.29, 0.717) is 12.4 Å². The van der Waals surface area contributed by atoms with E-state index >= 15 is 0 Å². The number of nitrogens with zero attached hydrogens (tertiary/aromatic N) is 1. The van der Waals surface area contributed by atoms with E-state index in [2.05, 4.69) is 15.3 Å². The average Bonchev–Trinajstić information content (AvgIpc) is 2.20. The van der Waals surface area contributed by atoms with Crippen molar-refractivity contribution in [3.05, 3.63) is 16.7 Å². The lowest BCUT2D eigenvalue weighted by Gasteiger charge is -2.15. The molecule has 6 nitrogen and oxygen atoms in total. The minimum Gasteiger partial charge on any atom is -0.391 e. The predicted molar refractivity (Wildman–Crippen MR) is 56.0 cm³/mol. The highest BCUT2D eigenvalue weighted by molar-refractivity contribution is 5.59. The van der Waals surface area contributed by atoms with Gasteiger partial charge in [0.15, 0.2) is 5.82 Å². The van der Waals surface area contributed by atoms with Crippen molar-refractivity contribution < 1.29 is 0 Å². The van der Waals surface area contributed by atoms with Gasteiger partial charge in [0.25, 0.3) is 5.56 Å². The number of aromatic nitrogens is 2. The molecule has 0 fully saturated rings. The topological polar surface area (TPSA) is 110 Å². The first kappa shape index (κ1) is 10.5. The standard InChI is InChI=1S/C8H15N5O/c1-2-5(3-9)13-7-6(10)8(14)12-4-11-7/h4-5H,2-3,9-10H2,1H3,(H2,11,12,13,14). The zero-order chi connectivity index (χ0) is 10.6. The van der Waals surface area contributed by atoms with Crippen molar-refractivity contribution in [1.29, 1.82) is 0 Å². The van der Waals surface area contributed by atoms with Gasteiger partial charge in [-0.2, -0.15) is 0 Å². The first-order valence-corrected chi connectivity index (χ1v) is 4.48. The van der Waals surface area contributed by atoms with E-state index < -0.39 is 0 Å². The summed E-state index contributed by atoms with van der Waals surface area (Å²) in [5, 5.41) is 3.01. The molecule has 0 saturated carbocycles. The molecular weight excluding hydrogens is 182 g/mol. The average molecular weight is 197 g/mol. The molecule has 0 aliphatic heterocycles. The second-order valence-electron chi connectivity index (χ2n) is 2.98. The zero-order valence-electron chi connectivity index (χ0n) is 8.08. The largest absolute Gasteiger partial charge is 0.391 e. The molecule has 1 heterocycles. The van der Waals surface area contributed by atoms with Crippen LogP contribution in [0.2, 0.25) is 0 Å². The quantitative estimate of drug-likeness (QED) is 0.520. The molecule has 78 valence electrons. The number of aromatic amines is 1. The van der Waals surface area contributed by atoms with Gasteiger partial charge in [0, 0.05) is 12.6 Å². The summed E-state index contributed by atoms with van der Waals surface area (Å²) < 4.78 is 0. The molecule has 0 aliphatic carbocycles. The van der Waals surface area contributed by atoms with Gasteiger partial charge in [0.05, 0.1) is 6.33 Å². The van der Waals surface area contributed by atoms with Gasteiger partial charge in [-0.25, -0.2) is 4.98 Å². The Morgan fingerprint density at radius 2 is 2.43 bits per heavy atom. The highest BCUT2D eigenvalue weighted by Crippen LogP contribution is 2.09. The van der Waals surface area contributed by atoms with E-state index in [9.17, 15) is 4.79 Å². The van der Waals surface area contributed by atoms with E-state index in [-0.39, 0.29) is 17.3 Å². The second-order valence-corrected chi connectivity index (χ2v) is 2.98. The highest BCUT2D eigenvalue weighted by Gasteiger charge is 2.08. The number of anilines is 2. The predicted octanol–water partition coefficient (Wildman–Crippen LogP) is -0.499. The van der Waals surface area contributed by atoms with Crippen LogP contribution in [0.25, 0.3) is 0 Å². The Morgan fingerprint density at radius 3 is 3.00 bits per heavy atom. The van der Waals surface area contributed by atoms with Crippen LogP contribution in [0.3, 0.4) is 0 Å². The molecule has 1 rings (SSSR count). The summed E-state index contributed by atoms with van der Waals surface area (Å²) in [6.07, 6.45) is 2.16. The lowest BCUT2D eigenvalue weighted by molar-refractivity contribution is 0.700. The summed E-state index contributed by atoms with van der Waals surface area (Å²) in [7, 11) is 0. The summed E-state index contributed by atoms with van der Waals surface area (Å²) in [5.74, 6) is 0.394. The normalized spacial score (nSPS) is 12.4. The van der Waals surface area contributed by atoms with E-state index in [4.69, 9.17) is 11.5 Å². The number of nitrogens with one attached hydrogen (secondary N) is 2. The number of nitrogen functional groups attached to an aromatic ring is 1. The molecular formula is C8H15N5O. The maximum atomic E-state index is 11.1. The summed E-state index contributed by atoms with van der Waals surface area (Å²) in [5.41, 5.74) is 10.8. The Morgan fingerprint density at radius 1 is 1.71 bits per heavy atom. The lowest BCUT2D eigenvalue weighted by Crippen LogP contribution is -2.30. The van der Waals surface area contributed by atoms with Crippen LogP contribution in [0.4, 0.5) is 11.5 Å². The molecule has 0 saturated heterocycles. The molecule has 0 radical (unpaired) electrons. The van der Waals surface area contributed by atoms with Crippen LogP contribution in [-0.2, 0) is 0 Å². The molecule has 14 heavy (non-hydrogen) atoms. The van der Waals surface area contributed by atoms with Crippen LogP contribution < -0.4 is 22.3 Å². The summed E-state index contributed by atoms with van der Waals surface area (Å²) in [4.78, 5) is 17.4. The van der Waals surface area contributed by atoms with Gasteiger partial charge >= 0.3 is 0 Å². The zero-order valence-corrected chi connectivity index (χ0v) is 8.08. The van der Waals surface area contributed by atoms with Gasteiger partial charge in [-0.3, -0.25) is 4.79 Å². The van der Waals surface area contributed by atoms with Crippen molar-refractivity contribution in [3.8, 4) is 0 Å². The van der Waals surface area contributed by atoms with Crippen LogP contribution in [0, 0.1) is 0 Å². The van der Waals surface area contributed by atoms with Crippen molar-refractivity contribution in [3.63, 3.8) is 0 Å². The third-order valence-corrected chi connectivity index (χ3v) is 2.01. The van der Waals surface area contributed by atoms with Crippen molar-refractivity contribution in [2.45, 2.75) is 19.4 Å². The fourth-order valence-corrected chi connectivity index (χ4v) is 1.05. The van der Waals surface area contributed by atoms with Gasteiger partial charge in [-0.05, 0) is 6.42 Å². The molecule has 0 aliphatic rings. The van der Waals surface area contributed by atoms with E-state index in [0.717, 1.165) is 6.42 Å². The van der Waals surface area contributed by atoms with Crippen molar-refractivity contribution >= 4 is 11.5 Å². The molecule has 0 bridgehead atoms. The lowest BCUT2D eigenvalue weighted by atomic mass is 10.2. The Kier molecular flexibility index (Phi) is 3.47. The Hall–Kier alpha value is -1.56. The monoisotopic (exact) mass is 197 g/mol. The molecule has 1 atom stereocenters. The molecule has 6 N–H and O–H groups in total. The Balaban J connectivity index is 2.86. The summed E-state index contributed by atoms with van der Waals surface area (Å²) in [6, 6.07) is 0.0894. The molecule has 0 amide bonds. The fourth-order valence-electron chi connectivity index (χ4n) is 1.05. The maximum Gasteiger partial charge on any atom is 0.276 e. The van der Waals surface area contributed by atoms with Crippen LogP contribution in [0.15, 0.2) is 11.1 Å². The molecule has 1 aromatic heterocycles. The summed E-state index contributed by atoms with van der Waals surface area (Å²) in [6.45, 7) is 2.47. The fraction of sp³-hybridized carbons (Fsp3) is 0.500. The summed E-state index contributed by atoms with van der Waals surface area (Å²) >= 11 is 0. The Labute approximate surface area is 81.7 Å². The van der Waals surface area contributed by atoms with Crippen LogP contribution >= 0.6 is 0 Å². The smallest absolute Gasteiger partial charge is 0.276 e. The minimum absolute atomic E-state index is 0.0894. The maximum absolute atomic E-state index is 11.1. The van der Waals surface area contributed by atoms with E-state index in [1.807, 2.05) is 6.92 Å². The van der Waals surface area contributed by atoms with E-state index in [1.165, 1.54) is 6.33 Å². The first-order valence-electron chi connectivity index (χ1n) is 4.48. The number of rotatable bonds is 4. The van der Waals surface area contributed by atoms with Gasteiger partial charge in [-0.1, -0.05) is 6.92 Å². The van der Waals surface area contributed by atoms with Crippen molar-refractivity contribution in [2.75, 3.05) is 17.6 Å². The van der Waals surface area contributed by atoms with Gasteiger partial charge in [0.2, 0.25) is 0 Å². The van der Waals surface area contributed by atoms with Crippen LogP contribution in [0.5, 0.6) is 0 Å². The van der Waals surface area contributed by atoms with Crippen LogP contribution in [-0.4, -0.2) is 22.6 Å². The van der Waals surface area contributed by atoms with Crippen LogP contribution in [0.1, 0.15) is 13.3 Å². The van der Waals surface area contributed by atoms with Gasteiger partial charge < -0.3 is 21.8 Å². The highest BCUT2D eigenvalue weighted by atomic mass is 16.1. The molecule has 0 aromatic carbocycles. The SMILES string of the molecule is CCC(CN)Nc1nc[nH]c(=O)c1N. The van der Waals surface area contributed by atoms with E-state index in [1.54, 1.807) is 0 Å². The number of hydrogen-bond donors (Lipinski definition) is 4. The van der Waals surface area contributed by atoms with Gasteiger partial charge in [0.1, 0.15) is 5.69 Å². The third-order valence-electron chi connectivity index (χ3n) is 2.01. The molecule has 0 spiro atoms. The third kappa shape index (κ3) is 2.23. The first-order chi connectivity index (χ1) is 6.69. The molecule has 1 unspecified atom stereocenters. The van der Waals surface area contributed by atoms with Crippen molar-refractivity contribution in [1.82, 2.24) is 9.97 Å².